The Labute approximate surface area is 108 Å². The molecule has 104 valence electrons. The smallest absolute Gasteiger partial charge is 0.309 e. The lowest BCUT2D eigenvalue weighted by molar-refractivity contribution is -0.154. The van der Waals surface area contributed by atoms with Crippen molar-refractivity contribution < 1.29 is 17.9 Å². The average molecular weight is 275 g/mol. The fraction of sp³-hybridized carbons (Fsp3) is 0.917. The minimum absolute atomic E-state index is 0.0458. The van der Waals surface area contributed by atoms with Gasteiger partial charge in [-0.05, 0) is 38.0 Å². The molecule has 2 aliphatic rings. The zero-order valence-corrected chi connectivity index (χ0v) is 11.7. The quantitative estimate of drug-likeness (QED) is 0.757. The van der Waals surface area contributed by atoms with Crippen molar-refractivity contribution >= 4 is 16.0 Å². The summed E-state index contributed by atoms with van der Waals surface area (Å²) in [6.45, 7) is 1.86. The Morgan fingerprint density at radius 3 is 2.61 bits per heavy atom. The molecule has 2 bridgehead atoms. The molecule has 0 aliphatic heterocycles. The molecule has 2 fully saturated rings. The van der Waals surface area contributed by atoms with E-state index in [1.807, 2.05) is 0 Å². The van der Waals surface area contributed by atoms with E-state index in [1.54, 1.807) is 6.92 Å². The molecular weight excluding hydrogens is 254 g/mol. The molecule has 2 rings (SSSR count). The normalized spacial score (nSPS) is 32.4. The van der Waals surface area contributed by atoms with Crippen LogP contribution in [0.2, 0.25) is 0 Å². The third kappa shape index (κ3) is 3.45. The number of carbonyl (C=O) groups is 1. The minimum atomic E-state index is -3.22. The lowest BCUT2D eigenvalue weighted by Crippen LogP contribution is -2.34. The molecule has 0 aromatic carbocycles. The maximum absolute atomic E-state index is 12.0. The van der Waals surface area contributed by atoms with Crippen LogP contribution in [0.5, 0.6) is 0 Å². The molecule has 5 nitrogen and oxygen atoms in total. The van der Waals surface area contributed by atoms with E-state index in [1.165, 1.54) is 6.42 Å². The standard InChI is InChI=1S/C12H21NO4S/c1-8(7-13-18(2,15)16)17-12(14)11-6-9-3-4-10(11)5-9/h8-11,13H,3-7H2,1-2H3. The number of fused-ring (bicyclic) bond motifs is 2. The second kappa shape index (κ2) is 5.17. The van der Waals surface area contributed by atoms with Crippen molar-refractivity contribution in [3.63, 3.8) is 0 Å². The summed E-state index contributed by atoms with van der Waals surface area (Å²) in [5.41, 5.74) is 0. The van der Waals surface area contributed by atoms with Gasteiger partial charge in [-0.15, -0.1) is 0 Å². The number of hydrogen-bond donors (Lipinski definition) is 1. The van der Waals surface area contributed by atoms with Gasteiger partial charge < -0.3 is 4.74 Å². The van der Waals surface area contributed by atoms with Crippen LogP contribution >= 0.6 is 0 Å². The van der Waals surface area contributed by atoms with E-state index >= 15 is 0 Å². The third-order valence-electron chi connectivity index (χ3n) is 3.99. The van der Waals surface area contributed by atoms with Crippen LogP contribution in [0.25, 0.3) is 0 Å². The van der Waals surface area contributed by atoms with E-state index in [4.69, 9.17) is 4.74 Å². The average Bonchev–Trinajstić information content (AvgIpc) is 2.87. The number of nitrogens with one attached hydrogen (secondary N) is 1. The monoisotopic (exact) mass is 275 g/mol. The summed E-state index contributed by atoms with van der Waals surface area (Å²) in [5, 5.41) is 0. The molecule has 0 heterocycles. The van der Waals surface area contributed by atoms with Gasteiger partial charge in [0.15, 0.2) is 0 Å². The lowest BCUT2D eigenvalue weighted by atomic mass is 9.89. The third-order valence-corrected chi connectivity index (χ3v) is 4.68. The summed E-state index contributed by atoms with van der Waals surface area (Å²) in [6.07, 6.45) is 5.19. The number of rotatable bonds is 5. The van der Waals surface area contributed by atoms with Crippen LogP contribution < -0.4 is 4.72 Å². The molecule has 0 amide bonds. The Balaban J connectivity index is 1.77. The molecule has 4 atom stereocenters. The summed E-state index contributed by atoms with van der Waals surface area (Å²) in [7, 11) is -3.22. The Bertz CT molecular complexity index is 420. The number of hydrogen-bond acceptors (Lipinski definition) is 4. The maximum Gasteiger partial charge on any atom is 0.309 e. The first kappa shape index (κ1) is 13.8. The molecular formula is C12H21NO4S. The highest BCUT2D eigenvalue weighted by atomic mass is 32.2. The van der Waals surface area contributed by atoms with Crippen LogP contribution in [0.1, 0.15) is 32.6 Å². The highest BCUT2D eigenvalue weighted by Crippen LogP contribution is 2.48. The van der Waals surface area contributed by atoms with Crippen LogP contribution in [0, 0.1) is 17.8 Å². The fourth-order valence-electron chi connectivity index (χ4n) is 3.13. The summed E-state index contributed by atoms with van der Waals surface area (Å²) in [5.74, 6) is 1.10. The van der Waals surface area contributed by atoms with Crippen LogP contribution in [-0.2, 0) is 19.6 Å². The summed E-state index contributed by atoms with van der Waals surface area (Å²) < 4.78 is 29.5. The maximum atomic E-state index is 12.0. The predicted molar refractivity (Wildman–Crippen MR) is 67.3 cm³/mol. The predicted octanol–water partition coefficient (Wildman–Crippen LogP) is 0.903. The second-order valence-electron chi connectivity index (χ2n) is 5.65. The largest absolute Gasteiger partial charge is 0.461 e. The summed E-state index contributed by atoms with van der Waals surface area (Å²) in [6, 6.07) is 0. The summed E-state index contributed by atoms with van der Waals surface area (Å²) in [4.78, 5) is 12.0. The highest BCUT2D eigenvalue weighted by molar-refractivity contribution is 7.88. The molecule has 6 heteroatoms. The fourth-order valence-corrected chi connectivity index (χ4v) is 3.67. The van der Waals surface area contributed by atoms with E-state index < -0.39 is 16.1 Å². The Hall–Kier alpha value is -0.620. The molecule has 4 unspecified atom stereocenters. The number of esters is 1. The first-order valence-corrected chi connectivity index (χ1v) is 8.39. The SMILES string of the molecule is CC(CNS(C)(=O)=O)OC(=O)C1CC2CCC1C2. The van der Waals surface area contributed by atoms with E-state index in [0.717, 1.165) is 25.5 Å². The van der Waals surface area contributed by atoms with Gasteiger partial charge in [0.2, 0.25) is 10.0 Å². The van der Waals surface area contributed by atoms with Gasteiger partial charge in [-0.1, -0.05) is 6.42 Å². The van der Waals surface area contributed by atoms with Crippen LogP contribution in [-0.4, -0.2) is 33.3 Å². The molecule has 0 aromatic rings. The van der Waals surface area contributed by atoms with Crippen molar-refractivity contribution in [3.8, 4) is 0 Å². The zero-order chi connectivity index (χ0) is 13.3. The molecule has 2 saturated carbocycles. The van der Waals surface area contributed by atoms with Gasteiger partial charge in [0.1, 0.15) is 6.10 Å². The lowest BCUT2D eigenvalue weighted by Gasteiger charge is -2.22. The topological polar surface area (TPSA) is 72.5 Å². The van der Waals surface area contributed by atoms with Gasteiger partial charge in [0, 0.05) is 6.54 Å². The Morgan fingerprint density at radius 1 is 1.39 bits per heavy atom. The van der Waals surface area contributed by atoms with Gasteiger partial charge in [0.25, 0.3) is 0 Å². The molecule has 0 spiro atoms. The zero-order valence-electron chi connectivity index (χ0n) is 10.9. The molecule has 0 saturated heterocycles. The van der Waals surface area contributed by atoms with Crippen LogP contribution in [0.3, 0.4) is 0 Å². The van der Waals surface area contributed by atoms with Crippen LogP contribution in [0.4, 0.5) is 0 Å². The van der Waals surface area contributed by atoms with Crippen molar-refractivity contribution in [2.75, 3.05) is 12.8 Å². The van der Waals surface area contributed by atoms with Crippen molar-refractivity contribution in [2.24, 2.45) is 17.8 Å². The molecule has 0 radical (unpaired) electrons. The van der Waals surface area contributed by atoms with Crippen molar-refractivity contribution in [1.82, 2.24) is 4.72 Å². The van der Waals surface area contributed by atoms with Gasteiger partial charge in [-0.2, -0.15) is 0 Å². The Kier molecular flexibility index (Phi) is 3.96. The van der Waals surface area contributed by atoms with E-state index in [9.17, 15) is 13.2 Å². The van der Waals surface area contributed by atoms with Gasteiger partial charge in [0.05, 0.1) is 12.2 Å². The highest BCUT2D eigenvalue weighted by Gasteiger charge is 2.44. The minimum Gasteiger partial charge on any atom is -0.461 e. The van der Waals surface area contributed by atoms with E-state index in [2.05, 4.69) is 4.72 Å². The van der Waals surface area contributed by atoms with Crippen LogP contribution in [0.15, 0.2) is 0 Å². The summed E-state index contributed by atoms with van der Waals surface area (Å²) >= 11 is 0. The van der Waals surface area contributed by atoms with Crippen molar-refractivity contribution in [1.29, 1.82) is 0 Å². The number of sulfonamides is 1. The Morgan fingerprint density at radius 2 is 2.11 bits per heavy atom. The first-order chi connectivity index (χ1) is 8.35. The van der Waals surface area contributed by atoms with Gasteiger partial charge >= 0.3 is 5.97 Å². The first-order valence-electron chi connectivity index (χ1n) is 6.50. The molecule has 18 heavy (non-hydrogen) atoms. The molecule has 0 aromatic heterocycles. The van der Waals surface area contributed by atoms with E-state index in [-0.39, 0.29) is 18.4 Å². The molecule has 2 aliphatic carbocycles. The second-order valence-corrected chi connectivity index (χ2v) is 7.48. The van der Waals surface area contributed by atoms with Crippen molar-refractivity contribution in [2.45, 2.75) is 38.7 Å². The van der Waals surface area contributed by atoms with E-state index in [0.29, 0.717) is 11.8 Å². The number of ether oxygens (including phenoxy) is 1. The molecule has 1 N–H and O–H groups in total. The van der Waals surface area contributed by atoms with Gasteiger partial charge in [-0.25, -0.2) is 13.1 Å². The number of carbonyl (C=O) groups excluding carboxylic acids is 1. The van der Waals surface area contributed by atoms with Gasteiger partial charge in [-0.3, -0.25) is 4.79 Å². The van der Waals surface area contributed by atoms with Crippen molar-refractivity contribution in [3.05, 3.63) is 0 Å².